The molecule has 0 aliphatic carbocycles. The number of aldehydes is 1. The molecule has 0 unspecified atom stereocenters. The lowest BCUT2D eigenvalue weighted by molar-refractivity contribution is -0.108. The molecule has 0 N–H and O–H groups in total. The molecular formula is C10H20N2O. The smallest absolute Gasteiger partial charge is 0.121 e. The van der Waals surface area contributed by atoms with E-state index in [9.17, 15) is 4.79 Å². The molecule has 0 aromatic rings. The monoisotopic (exact) mass is 184 g/mol. The zero-order valence-electron chi connectivity index (χ0n) is 8.70. The number of nitrogens with zero attached hydrogens (tertiary/aromatic N) is 2. The Morgan fingerprint density at radius 3 is 2.31 bits per heavy atom. The third kappa shape index (κ3) is 3.44. The van der Waals surface area contributed by atoms with Gasteiger partial charge in [-0.3, -0.25) is 4.90 Å². The second-order valence-electron chi connectivity index (χ2n) is 3.93. The molecule has 1 saturated heterocycles. The number of carbonyl (C=O) groups is 1. The van der Waals surface area contributed by atoms with Gasteiger partial charge in [-0.25, -0.2) is 0 Å². The first-order chi connectivity index (χ1) is 6.24. The first-order valence-corrected chi connectivity index (χ1v) is 5.14. The van der Waals surface area contributed by atoms with Crippen LogP contribution in [-0.2, 0) is 4.79 Å². The molecule has 0 spiro atoms. The summed E-state index contributed by atoms with van der Waals surface area (Å²) >= 11 is 0. The maximum Gasteiger partial charge on any atom is 0.121 e. The summed E-state index contributed by atoms with van der Waals surface area (Å²) in [6.07, 6.45) is 1.69. The molecule has 0 radical (unpaired) electrons. The highest BCUT2D eigenvalue weighted by Gasteiger charge is 2.17. The molecule has 0 aromatic heterocycles. The number of rotatable bonds is 4. The van der Waals surface area contributed by atoms with Crippen molar-refractivity contribution in [1.82, 2.24) is 9.80 Å². The molecule has 3 nitrogen and oxygen atoms in total. The normalized spacial score (nSPS) is 20.8. The van der Waals surface area contributed by atoms with Crippen LogP contribution in [-0.4, -0.2) is 54.9 Å². The lowest BCUT2D eigenvalue weighted by atomic mass is 10.2. The van der Waals surface area contributed by atoms with E-state index >= 15 is 0 Å². The molecule has 0 amide bonds. The summed E-state index contributed by atoms with van der Waals surface area (Å²) < 4.78 is 0. The SMILES string of the molecule is CC(C)N1CCN(CCC=O)CC1. The number of hydrogen-bond acceptors (Lipinski definition) is 3. The van der Waals surface area contributed by atoms with Crippen LogP contribution < -0.4 is 0 Å². The van der Waals surface area contributed by atoms with E-state index in [-0.39, 0.29) is 0 Å². The Bertz CT molecular complexity index is 151. The van der Waals surface area contributed by atoms with Gasteiger partial charge in [-0.1, -0.05) is 0 Å². The van der Waals surface area contributed by atoms with Crippen molar-refractivity contribution >= 4 is 6.29 Å². The Balaban J connectivity index is 2.18. The minimum Gasteiger partial charge on any atom is -0.303 e. The summed E-state index contributed by atoms with van der Waals surface area (Å²) in [7, 11) is 0. The van der Waals surface area contributed by atoms with E-state index in [1.54, 1.807) is 0 Å². The second-order valence-corrected chi connectivity index (χ2v) is 3.93. The fraction of sp³-hybridized carbons (Fsp3) is 0.900. The minimum atomic E-state index is 0.660. The average Bonchev–Trinajstić information content (AvgIpc) is 2.15. The van der Waals surface area contributed by atoms with Crippen molar-refractivity contribution < 1.29 is 4.79 Å². The van der Waals surface area contributed by atoms with E-state index in [0.29, 0.717) is 12.5 Å². The number of hydrogen-bond donors (Lipinski definition) is 0. The molecular weight excluding hydrogens is 164 g/mol. The van der Waals surface area contributed by atoms with E-state index in [2.05, 4.69) is 23.6 Å². The third-order valence-corrected chi connectivity index (χ3v) is 2.70. The van der Waals surface area contributed by atoms with Crippen LogP contribution in [0.3, 0.4) is 0 Å². The first kappa shape index (κ1) is 10.7. The quantitative estimate of drug-likeness (QED) is 0.598. The molecule has 0 saturated carbocycles. The van der Waals surface area contributed by atoms with Crippen molar-refractivity contribution in [3.8, 4) is 0 Å². The lowest BCUT2D eigenvalue weighted by Gasteiger charge is -2.36. The fourth-order valence-corrected chi connectivity index (χ4v) is 1.74. The van der Waals surface area contributed by atoms with Crippen LogP contribution in [0, 0.1) is 0 Å². The zero-order valence-corrected chi connectivity index (χ0v) is 8.70. The van der Waals surface area contributed by atoms with E-state index in [1.165, 1.54) is 0 Å². The second kappa shape index (κ2) is 5.35. The Hall–Kier alpha value is -0.410. The van der Waals surface area contributed by atoms with Gasteiger partial charge in [0.15, 0.2) is 0 Å². The molecule has 0 aromatic carbocycles. The summed E-state index contributed by atoms with van der Waals surface area (Å²) in [5.41, 5.74) is 0. The highest BCUT2D eigenvalue weighted by molar-refractivity contribution is 5.49. The van der Waals surface area contributed by atoms with E-state index in [0.717, 1.165) is 39.0 Å². The molecule has 1 aliphatic rings. The van der Waals surface area contributed by atoms with E-state index in [1.807, 2.05) is 0 Å². The highest BCUT2D eigenvalue weighted by Crippen LogP contribution is 2.05. The Labute approximate surface area is 80.7 Å². The van der Waals surface area contributed by atoms with Gasteiger partial charge in [0.05, 0.1) is 0 Å². The molecule has 1 heterocycles. The average molecular weight is 184 g/mol. The van der Waals surface area contributed by atoms with Crippen molar-refractivity contribution in [2.45, 2.75) is 26.3 Å². The lowest BCUT2D eigenvalue weighted by Crippen LogP contribution is -2.48. The van der Waals surface area contributed by atoms with Crippen LogP contribution in [0.15, 0.2) is 0 Å². The molecule has 13 heavy (non-hydrogen) atoms. The van der Waals surface area contributed by atoms with Crippen LogP contribution in [0.5, 0.6) is 0 Å². The molecule has 76 valence electrons. The number of piperazine rings is 1. The van der Waals surface area contributed by atoms with Crippen LogP contribution >= 0.6 is 0 Å². The summed E-state index contributed by atoms with van der Waals surface area (Å²) in [4.78, 5) is 15.0. The largest absolute Gasteiger partial charge is 0.303 e. The van der Waals surface area contributed by atoms with Gasteiger partial charge in [0.1, 0.15) is 6.29 Å². The maximum atomic E-state index is 10.2. The van der Waals surface area contributed by atoms with Gasteiger partial charge in [0.25, 0.3) is 0 Å². The van der Waals surface area contributed by atoms with Gasteiger partial charge >= 0.3 is 0 Å². The van der Waals surface area contributed by atoms with Crippen LogP contribution in [0.4, 0.5) is 0 Å². The van der Waals surface area contributed by atoms with Crippen LogP contribution in [0.2, 0.25) is 0 Å². The standard InChI is InChI=1S/C10H20N2O/c1-10(2)12-7-5-11(6-8-12)4-3-9-13/h9-10H,3-8H2,1-2H3. The topological polar surface area (TPSA) is 23.6 Å². The van der Waals surface area contributed by atoms with Gasteiger partial charge in [0.2, 0.25) is 0 Å². The van der Waals surface area contributed by atoms with Crippen LogP contribution in [0.1, 0.15) is 20.3 Å². The van der Waals surface area contributed by atoms with Crippen LogP contribution in [0.25, 0.3) is 0 Å². The van der Waals surface area contributed by atoms with Crippen molar-refractivity contribution in [2.75, 3.05) is 32.7 Å². The highest BCUT2D eigenvalue weighted by atomic mass is 16.1. The fourth-order valence-electron chi connectivity index (χ4n) is 1.74. The van der Waals surface area contributed by atoms with Crippen molar-refractivity contribution in [3.63, 3.8) is 0 Å². The van der Waals surface area contributed by atoms with Gasteiger partial charge in [-0.2, -0.15) is 0 Å². The summed E-state index contributed by atoms with van der Waals surface area (Å²) in [5.74, 6) is 0. The predicted molar refractivity (Wildman–Crippen MR) is 53.8 cm³/mol. The van der Waals surface area contributed by atoms with Gasteiger partial charge in [0, 0.05) is 45.2 Å². The Kier molecular flexibility index (Phi) is 4.39. The van der Waals surface area contributed by atoms with Gasteiger partial charge in [-0.15, -0.1) is 0 Å². The summed E-state index contributed by atoms with van der Waals surface area (Å²) in [6, 6.07) is 0.660. The minimum absolute atomic E-state index is 0.660. The third-order valence-electron chi connectivity index (χ3n) is 2.70. The summed E-state index contributed by atoms with van der Waals surface area (Å²) in [5, 5.41) is 0. The molecule has 1 fully saturated rings. The van der Waals surface area contributed by atoms with E-state index < -0.39 is 0 Å². The molecule has 1 aliphatic heterocycles. The first-order valence-electron chi connectivity index (χ1n) is 5.14. The maximum absolute atomic E-state index is 10.2. The van der Waals surface area contributed by atoms with Crippen molar-refractivity contribution in [2.24, 2.45) is 0 Å². The molecule has 3 heteroatoms. The molecule has 0 atom stereocenters. The summed E-state index contributed by atoms with van der Waals surface area (Å²) in [6.45, 7) is 9.95. The molecule has 1 rings (SSSR count). The Morgan fingerprint density at radius 2 is 1.85 bits per heavy atom. The zero-order chi connectivity index (χ0) is 9.68. The van der Waals surface area contributed by atoms with Gasteiger partial charge in [-0.05, 0) is 13.8 Å². The van der Waals surface area contributed by atoms with Crippen molar-refractivity contribution in [3.05, 3.63) is 0 Å². The van der Waals surface area contributed by atoms with E-state index in [4.69, 9.17) is 0 Å². The molecule has 0 bridgehead atoms. The Morgan fingerprint density at radius 1 is 1.23 bits per heavy atom. The number of carbonyl (C=O) groups excluding carboxylic acids is 1. The van der Waals surface area contributed by atoms with Gasteiger partial charge < -0.3 is 9.69 Å². The predicted octanol–water partition coefficient (Wildman–Crippen LogP) is 0.601. The van der Waals surface area contributed by atoms with Crippen molar-refractivity contribution in [1.29, 1.82) is 0 Å².